The summed E-state index contributed by atoms with van der Waals surface area (Å²) in [5, 5.41) is 0. The molecule has 0 aromatic carbocycles. The Bertz CT molecular complexity index is 1640. The summed E-state index contributed by atoms with van der Waals surface area (Å²) in [6.07, 6.45) is 95.4. The Morgan fingerprint density at radius 2 is 0.476 bits per heavy atom. The van der Waals surface area contributed by atoms with Gasteiger partial charge in [-0.3, -0.25) is 14.4 Å². The van der Waals surface area contributed by atoms with Crippen molar-refractivity contribution in [3.05, 3.63) is 109 Å². The summed E-state index contributed by atoms with van der Waals surface area (Å²) < 4.78 is 17.0. The minimum Gasteiger partial charge on any atom is -0.462 e. The summed E-state index contributed by atoms with van der Waals surface area (Å²) in [7, 11) is 0. The molecule has 1 unspecified atom stereocenters. The molecule has 0 aliphatic carbocycles. The number of hydrogen-bond acceptors (Lipinski definition) is 6. The van der Waals surface area contributed by atoms with Crippen molar-refractivity contribution < 1.29 is 28.6 Å². The molecule has 0 saturated carbocycles. The number of allylic oxidation sites excluding steroid dienone is 18. The van der Waals surface area contributed by atoms with E-state index in [1.807, 2.05) is 0 Å². The van der Waals surface area contributed by atoms with Crippen LogP contribution in [-0.4, -0.2) is 37.2 Å². The van der Waals surface area contributed by atoms with E-state index in [1.165, 1.54) is 180 Å². The van der Waals surface area contributed by atoms with Crippen molar-refractivity contribution in [2.75, 3.05) is 13.2 Å². The van der Waals surface area contributed by atoms with Crippen LogP contribution < -0.4 is 0 Å². The van der Waals surface area contributed by atoms with Gasteiger partial charge in [-0.1, -0.05) is 304 Å². The molecule has 0 aromatic heterocycles. The maximum absolute atomic E-state index is 13.0. The van der Waals surface area contributed by atoms with Gasteiger partial charge in [0.25, 0.3) is 0 Å². The van der Waals surface area contributed by atoms with Crippen LogP contribution in [0.2, 0.25) is 0 Å². The molecule has 0 spiro atoms. The predicted octanol–water partition coefficient (Wildman–Crippen LogP) is 24.2. The monoisotopic (exact) mass is 1140 g/mol. The zero-order valence-corrected chi connectivity index (χ0v) is 54.0. The van der Waals surface area contributed by atoms with E-state index >= 15 is 0 Å². The van der Waals surface area contributed by atoms with Gasteiger partial charge in [-0.05, 0) is 122 Å². The first-order valence-corrected chi connectivity index (χ1v) is 34.9. The Morgan fingerprint density at radius 3 is 0.756 bits per heavy atom. The first kappa shape index (κ1) is 78.1. The summed E-state index contributed by atoms with van der Waals surface area (Å²) >= 11 is 0. The molecule has 0 bridgehead atoms. The number of unbranched alkanes of at least 4 members (excludes halogenated alkanes) is 34. The lowest BCUT2D eigenvalue weighted by molar-refractivity contribution is -0.167. The lowest BCUT2D eigenvalue weighted by Crippen LogP contribution is -2.30. The maximum Gasteiger partial charge on any atom is 0.306 e. The van der Waals surface area contributed by atoms with Crippen LogP contribution in [0.1, 0.15) is 335 Å². The van der Waals surface area contributed by atoms with Gasteiger partial charge >= 0.3 is 17.9 Å². The number of rotatable bonds is 63. The average Bonchev–Trinajstić information content (AvgIpc) is 3.48. The Balaban J connectivity index is 4.30. The van der Waals surface area contributed by atoms with E-state index in [0.29, 0.717) is 19.3 Å². The zero-order valence-electron chi connectivity index (χ0n) is 54.0. The molecule has 0 aliphatic heterocycles. The highest BCUT2D eigenvalue weighted by atomic mass is 16.6. The van der Waals surface area contributed by atoms with Crippen LogP contribution in [0, 0.1) is 0 Å². The summed E-state index contributed by atoms with van der Waals surface area (Å²) in [6, 6.07) is 0. The molecular weight excluding hydrogens is 1010 g/mol. The highest BCUT2D eigenvalue weighted by Gasteiger charge is 2.19. The van der Waals surface area contributed by atoms with Crippen molar-refractivity contribution in [2.45, 2.75) is 341 Å². The van der Waals surface area contributed by atoms with Crippen molar-refractivity contribution in [1.82, 2.24) is 0 Å². The lowest BCUT2D eigenvalue weighted by Gasteiger charge is -2.18. The first-order valence-electron chi connectivity index (χ1n) is 34.9. The number of hydrogen-bond donors (Lipinski definition) is 0. The van der Waals surface area contributed by atoms with E-state index in [-0.39, 0.29) is 31.1 Å². The largest absolute Gasteiger partial charge is 0.462 e. The van der Waals surface area contributed by atoms with Gasteiger partial charge in [0.05, 0.1) is 0 Å². The number of esters is 3. The van der Waals surface area contributed by atoms with Crippen molar-refractivity contribution in [2.24, 2.45) is 0 Å². The van der Waals surface area contributed by atoms with Gasteiger partial charge in [0.1, 0.15) is 13.2 Å². The molecule has 0 radical (unpaired) electrons. The van der Waals surface area contributed by atoms with Crippen molar-refractivity contribution >= 4 is 17.9 Å². The van der Waals surface area contributed by atoms with Crippen LogP contribution >= 0.6 is 0 Å². The van der Waals surface area contributed by atoms with Crippen LogP contribution in [0.25, 0.3) is 0 Å². The molecule has 0 aliphatic rings. The third kappa shape index (κ3) is 66.9. The predicted molar refractivity (Wildman–Crippen MR) is 357 cm³/mol. The Kier molecular flexibility index (Phi) is 66.2. The van der Waals surface area contributed by atoms with E-state index in [0.717, 1.165) is 116 Å². The minimum atomic E-state index is -0.786. The van der Waals surface area contributed by atoms with Crippen LogP contribution in [0.3, 0.4) is 0 Å². The molecule has 470 valence electrons. The van der Waals surface area contributed by atoms with Gasteiger partial charge in [0.15, 0.2) is 6.10 Å². The van der Waals surface area contributed by atoms with Gasteiger partial charge in [-0.2, -0.15) is 0 Å². The second kappa shape index (κ2) is 69.6. The van der Waals surface area contributed by atoms with Gasteiger partial charge < -0.3 is 14.2 Å². The van der Waals surface area contributed by atoms with Crippen molar-refractivity contribution in [1.29, 1.82) is 0 Å². The fraction of sp³-hybridized carbons (Fsp3) is 0.724. The number of ether oxygens (including phenoxy) is 3. The molecule has 0 rings (SSSR count). The van der Waals surface area contributed by atoms with Crippen LogP contribution in [-0.2, 0) is 28.6 Å². The van der Waals surface area contributed by atoms with Gasteiger partial charge in [-0.25, -0.2) is 0 Å². The van der Waals surface area contributed by atoms with Gasteiger partial charge in [0, 0.05) is 19.3 Å². The molecule has 0 N–H and O–H groups in total. The van der Waals surface area contributed by atoms with E-state index in [1.54, 1.807) is 0 Å². The summed E-state index contributed by atoms with van der Waals surface area (Å²) in [5.41, 5.74) is 0. The molecule has 0 amide bonds. The average molecular weight is 1140 g/mol. The smallest absolute Gasteiger partial charge is 0.306 e. The van der Waals surface area contributed by atoms with E-state index in [9.17, 15) is 14.4 Å². The number of carbonyl (C=O) groups excluding carboxylic acids is 3. The maximum atomic E-state index is 13.0. The number of carbonyl (C=O) groups is 3. The second-order valence-corrected chi connectivity index (χ2v) is 23.0. The van der Waals surface area contributed by atoms with Crippen molar-refractivity contribution in [3.63, 3.8) is 0 Å². The SMILES string of the molecule is CC/C=C\C/C=C\C/C=C\C/C=C\CCCCCCCCCCCCCCCCC(=O)OCC(COC(=O)CCCCCCC/C=C\CCCCCCC)OC(=O)CCCCCCCCCCCC/C=C\C/C=C\C/C=C\C/C=C\CC. The molecule has 82 heavy (non-hydrogen) atoms. The summed E-state index contributed by atoms with van der Waals surface area (Å²) in [6.45, 7) is 6.43. The molecule has 6 nitrogen and oxygen atoms in total. The Hall–Kier alpha value is -3.93. The third-order valence-electron chi connectivity index (χ3n) is 15.0. The lowest BCUT2D eigenvalue weighted by atomic mass is 10.0. The van der Waals surface area contributed by atoms with Crippen LogP contribution in [0.5, 0.6) is 0 Å². The molecule has 0 fully saturated rings. The minimum absolute atomic E-state index is 0.0811. The fourth-order valence-corrected chi connectivity index (χ4v) is 9.83. The Morgan fingerprint density at radius 1 is 0.256 bits per heavy atom. The molecule has 1 atom stereocenters. The van der Waals surface area contributed by atoms with Crippen molar-refractivity contribution in [3.8, 4) is 0 Å². The standard InChI is InChI=1S/C76H130O6/c1-4-7-10-13-16-19-22-25-28-30-32-34-36-37-38-39-41-42-44-46-48-51-54-57-60-63-66-69-75(78)81-72-73(71-80-74(77)68-65-62-59-56-53-50-27-24-21-18-15-12-9-6-3)82-76(79)70-67-64-61-58-55-52-49-47-45-43-40-35-33-31-29-26-23-20-17-14-11-8-5-2/h7-8,10-11,16-17,19-20,24-29,32-35,73H,4-6,9,12-15,18,21-23,30-31,36-72H2,1-3H3/b10-7-,11-8-,19-16-,20-17-,27-24-,28-25-,29-26-,34-32-,35-33-. The van der Waals surface area contributed by atoms with Crippen LogP contribution in [0.15, 0.2) is 109 Å². The van der Waals surface area contributed by atoms with E-state index < -0.39 is 6.10 Å². The van der Waals surface area contributed by atoms with E-state index in [2.05, 4.69) is 130 Å². The zero-order chi connectivity index (χ0) is 59.2. The quantitative estimate of drug-likeness (QED) is 0.0261. The normalized spacial score (nSPS) is 12.8. The van der Waals surface area contributed by atoms with Crippen LogP contribution in [0.4, 0.5) is 0 Å². The topological polar surface area (TPSA) is 78.9 Å². The Labute approximate surface area is 508 Å². The third-order valence-corrected chi connectivity index (χ3v) is 15.0. The fourth-order valence-electron chi connectivity index (χ4n) is 9.83. The highest BCUT2D eigenvalue weighted by Crippen LogP contribution is 2.17. The van der Waals surface area contributed by atoms with E-state index in [4.69, 9.17) is 14.2 Å². The first-order chi connectivity index (χ1) is 40.5. The second-order valence-electron chi connectivity index (χ2n) is 23.0. The molecular formula is C76H130O6. The van der Waals surface area contributed by atoms with Gasteiger partial charge in [-0.15, -0.1) is 0 Å². The highest BCUT2D eigenvalue weighted by molar-refractivity contribution is 5.71. The summed E-state index contributed by atoms with van der Waals surface area (Å²) in [4.78, 5) is 38.4. The molecule has 0 saturated heterocycles. The molecule has 0 aromatic rings. The molecule has 6 heteroatoms. The summed E-state index contributed by atoms with van der Waals surface area (Å²) in [5.74, 6) is -0.881. The molecule has 0 heterocycles. The van der Waals surface area contributed by atoms with Gasteiger partial charge in [0.2, 0.25) is 0 Å².